The standard InChI is InChI=1S/C8H11ClN2O/c9-3-7-4-10-8(11-7)6-1-2-12-5-6/h4,6H,1-3,5H2,(H,10,11). The van der Waals surface area contributed by atoms with E-state index >= 15 is 0 Å². The zero-order valence-electron chi connectivity index (χ0n) is 6.72. The predicted molar refractivity (Wildman–Crippen MR) is 46.3 cm³/mol. The van der Waals surface area contributed by atoms with Gasteiger partial charge in [0.1, 0.15) is 5.82 Å². The molecule has 1 aromatic heterocycles. The number of alkyl halides is 1. The molecule has 0 saturated carbocycles. The number of nitrogens with zero attached hydrogens (tertiary/aromatic N) is 1. The molecule has 3 nitrogen and oxygen atoms in total. The van der Waals surface area contributed by atoms with Gasteiger partial charge >= 0.3 is 0 Å². The highest BCUT2D eigenvalue weighted by atomic mass is 35.5. The summed E-state index contributed by atoms with van der Waals surface area (Å²) >= 11 is 5.64. The van der Waals surface area contributed by atoms with Crippen molar-refractivity contribution in [3.8, 4) is 0 Å². The molecule has 0 radical (unpaired) electrons. The number of hydrogen-bond donors (Lipinski definition) is 1. The molecule has 0 bridgehead atoms. The van der Waals surface area contributed by atoms with Crippen LogP contribution in [0.4, 0.5) is 0 Å². The zero-order chi connectivity index (χ0) is 8.39. The molecule has 0 spiro atoms. The molecule has 2 rings (SSSR count). The van der Waals surface area contributed by atoms with Crippen molar-refractivity contribution < 1.29 is 4.74 Å². The minimum absolute atomic E-state index is 0.446. The minimum Gasteiger partial charge on any atom is -0.381 e. The Kier molecular flexibility index (Phi) is 2.33. The average molecular weight is 187 g/mol. The SMILES string of the molecule is ClCc1cnc(C2CCOC2)[nH]1. The van der Waals surface area contributed by atoms with Gasteiger partial charge in [-0.1, -0.05) is 0 Å². The van der Waals surface area contributed by atoms with Gasteiger partial charge in [-0.25, -0.2) is 4.98 Å². The molecule has 0 amide bonds. The maximum absolute atomic E-state index is 5.64. The molecule has 2 heterocycles. The predicted octanol–water partition coefficient (Wildman–Crippen LogP) is 1.65. The molecule has 1 saturated heterocycles. The van der Waals surface area contributed by atoms with E-state index in [2.05, 4.69) is 9.97 Å². The molecule has 66 valence electrons. The summed E-state index contributed by atoms with van der Waals surface area (Å²) < 4.78 is 5.26. The summed E-state index contributed by atoms with van der Waals surface area (Å²) in [4.78, 5) is 7.43. The third-order valence-electron chi connectivity index (χ3n) is 2.11. The number of aromatic amines is 1. The van der Waals surface area contributed by atoms with E-state index in [1.807, 2.05) is 0 Å². The van der Waals surface area contributed by atoms with E-state index in [9.17, 15) is 0 Å². The van der Waals surface area contributed by atoms with Crippen molar-refractivity contribution in [3.63, 3.8) is 0 Å². The summed E-state index contributed by atoms with van der Waals surface area (Å²) in [6.45, 7) is 1.64. The molecule has 1 unspecified atom stereocenters. The molecule has 1 aliphatic heterocycles. The minimum atomic E-state index is 0.446. The number of H-pyrrole nitrogens is 1. The van der Waals surface area contributed by atoms with E-state index < -0.39 is 0 Å². The number of imidazole rings is 1. The Labute approximate surface area is 76.1 Å². The molecule has 12 heavy (non-hydrogen) atoms. The third kappa shape index (κ3) is 1.47. The van der Waals surface area contributed by atoms with Gasteiger partial charge in [0.15, 0.2) is 0 Å². The summed E-state index contributed by atoms with van der Waals surface area (Å²) in [5.74, 6) is 1.96. The van der Waals surface area contributed by atoms with Crippen molar-refractivity contribution in [1.82, 2.24) is 9.97 Å². The highest BCUT2D eigenvalue weighted by Crippen LogP contribution is 2.22. The quantitative estimate of drug-likeness (QED) is 0.714. The number of nitrogens with one attached hydrogen (secondary N) is 1. The Morgan fingerprint density at radius 3 is 3.25 bits per heavy atom. The fourth-order valence-electron chi connectivity index (χ4n) is 1.40. The molecule has 1 N–H and O–H groups in total. The molecule has 4 heteroatoms. The van der Waals surface area contributed by atoms with Crippen LogP contribution in [0, 0.1) is 0 Å². The third-order valence-corrected chi connectivity index (χ3v) is 2.40. The Morgan fingerprint density at radius 1 is 1.75 bits per heavy atom. The van der Waals surface area contributed by atoms with Crippen LogP contribution in [-0.2, 0) is 10.6 Å². The van der Waals surface area contributed by atoms with Crippen LogP contribution in [0.2, 0.25) is 0 Å². The number of halogens is 1. The summed E-state index contributed by atoms with van der Waals surface area (Å²) in [5.41, 5.74) is 0.985. The highest BCUT2D eigenvalue weighted by Gasteiger charge is 2.20. The fourth-order valence-corrected chi connectivity index (χ4v) is 1.54. The second-order valence-electron chi connectivity index (χ2n) is 2.99. The van der Waals surface area contributed by atoms with E-state index in [0.29, 0.717) is 11.8 Å². The summed E-state index contributed by atoms with van der Waals surface area (Å²) in [5, 5.41) is 0. The first-order valence-corrected chi connectivity index (χ1v) is 4.61. The molecular formula is C8H11ClN2O. The smallest absolute Gasteiger partial charge is 0.111 e. The van der Waals surface area contributed by atoms with Gasteiger partial charge in [0.05, 0.1) is 12.5 Å². The van der Waals surface area contributed by atoms with E-state index in [1.54, 1.807) is 6.20 Å². The first-order valence-electron chi connectivity index (χ1n) is 4.07. The van der Waals surface area contributed by atoms with Crippen molar-refractivity contribution in [2.75, 3.05) is 13.2 Å². The normalized spacial score (nSPS) is 23.2. The van der Waals surface area contributed by atoms with E-state index in [0.717, 1.165) is 31.2 Å². The van der Waals surface area contributed by atoms with Crippen molar-refractivity contribution in [2.24, 2.45) is 0 Å². The lowest BCUT2D eigenvalue weighted by molar-refractivity contribution is 0.193. The Morgan fingerprint density at radius 2 is 2.67 bits per heavy atom. The summed E-state index contributed by atoms with van der Waals surface area (Å²) in [7, 11) is 0. The molecule has 0 aromatic carbocycles. The molecule has 1 fully saturated rings. The van der Waals surface area contributed by atoms with Crippen LogP contribution >= 0.6 is 11.6 Å². The van der Waals surface area contributed by atoms with Crippen LogP contribution in [0.25, 0.3) is 0 Å². The Balaban J connectivity index is 2.11. The number of hydrogen-bond acceptors (Lipinski definition) is 2. The summed E-state index contributed by atoms with van der Waals surface area (Å²) in [6, 6.07) is 0. The molecule has 1 atom stereocenters. The average Bonchev–Trinajstić information content (AvgIpc) is 2.75. The van der Waals surface area contributed by atoms with Crippen LogP contribution < -0.4 is 0 Å². The van der Waals surface area contributed by atoms with Crippen molar-refractivity contribution in [3.05, 3.63) is 17.7 Å². The number of ether oxygens (including phenoxy) is 1. The maximum atomic E-state index is 5.64. The van der Waals surface area contributed by atoms with Gasteiger partial charge in [-0.15, -0.1) is 11.6 Å². The molecular weight excluding hydrogens is 176 g/mol. The van der Waals surface area contributed by atoms with Gasteiger partial charge in [-0.05, 0) is 6.42 Å². The first-order chi connectivity index (χ1) is 5.90. The number of rotatable bonds is 2. The van der Waals surface area contributed by atoms with Gasteiger partial charge in [-0.2, -0.15) is 0 Å². The number of aromatic nitrogens is 2. The Bertz CT molecular complexity index is 255. The van der Waals surface area contributed by atoms with Crippen LogP contribution in [0.3, 0.4) is 0 Å². The monoisotopic (exact) mass is 186 g/mol. The van der Waals surface area contributed by atoms with E-state index in [-0.39, 0.29) is 0 Å². The maximum Gasteiger partial charge on any atom is 0.111 e. The van der Waals surface area contributed by atoms with Gasteiger partial charge < -0.3 is 9.72 Å². The van der Waals surface area contributed by atoms with Crippen LogP contribution in [0.15, 0.2) is 6.20 Å². The van der Waals surface area contributed by atoms with Crippen LogP contribution in [0.1, 0.15) is 23.9 Å². The van der Waals surface area contributed by atoms with Gasteiger partial charge in [-0.3, -0.25) is 0 Å². The van der Waals surface area contributed by atoms with Crippen LogP contribution in [-0.4, -0.2) is 23.2 Å². The molecule has 0 aliphatic carbocycles. The summed E-state index contributed by atoms with van der Waals surface area (Å²) in [6.07, 6.45) is 2.86. The van der Waals surface area contributed by atoms with Crippen molar-refractivity contribution >= 4 is 11.6 Å². The van der Waals surface area contributed by atoms with Crippen LogP contribution in [0.5, 0.6) is 0 Å². The topological polar surface area (TPSA) is 37.9 Å². The van der Waals surface area contributed by atoms with Gasteiger partial charge in [0.2, 0.25) is 0 Å². The molecule has 1 aromatic rings. The first kappa shape index (κ1) is 8.08. The lowest BCUT2D eigenvalue weighted by atomic mass is 10.1. The fraction of sp³-hybridized carbons (Fsp3) is 0.625. The zero-order valence-corrected chi connectivity index (χ0v) is 7.47. The Hall–Kier alpha value is -0.540. The van der Waals surface area contributed by atoms with Gasteiger partial charge in [0.25, 0.3) is 0 Å². The van der Waals surface area contributed by atoms with E-state index in [1.165, 1.54) is 0 Å². The van der Waals surface area contributed by atoms with Crippen molar-refractivity contribution in [1.29, 1.82) is 0 Å². The molecule has 1 aliphatic rings. The van der Waals surface area contributed by atoms with Crippen molar-refractivity contribution in [2.45, 2.75) is 18.2 Å². The highest BCUT2D eigenvalue weighted by molar-refractivity contribution is 6.16. The second-order valence-corrected chi connectivity index (χ2v) is 3.26. The van der Waals surface area contributed by atoms with Gasteiger partial charge in [0, 0.05) is 24.4 Å². The largest absolute Gasteiger partial charge is 0.381 e. The second kappa shape index (κ2) is 3.46. The lowest BCUT2D eigenvalue weighted by Gasteiger charge is -2.01. The van der Waals surface area contributed by atoms with E-state index in [4.69, 9.17) is 16.3 Å². The lowest BCUT2D eigenvalue weighted by Crippen LogP contribution is -1.99.